The van der Waals surface area contributed by atoms with E-state index in [0.29, 0.717) is 12.8 Å². The minimum Gasteiger partial charge on any atom is -0.481 e. The van der Waals surface area contributed by atoms with Gasteiger partial charge < -0.3 is 10.4 Å². The number of carbonyl (C=O) groups is 2. The van der Waals surface area contributed by atoms with Gasteiger partial charge in [0.15, 0.2) is 0 Å². The third-order valence-electron chi connectivity index (χ3n) is 4.16. The van der Waals surface area contributed by atoms with E-state index in [-0.39, 0.29) is 11.8 Å². The normalized spacial score (nSPS) is 24.8. The van der Waals surface area contributed by atoms with Gasteiger partial charge in [-0.05, 0) is 48.9 Å². The fourth-order valence-corrected chi connectivity index (χ4v) is 3.47. The maximum absolute atomic E-state index is 12.4. The van der Waals surface area contributed by atoms with Crippen LogP contribution < -0.4 is 5.32 Å². The lowest BCUT2D eigenvalue weighted by molar-refractivity contribution is -0.145. The van der Waals surface area contributed by atoms with Gasteiger partial charge in [0.2, 0.25) is 5.91 Å². The summed E-state index contributed by atoms with van der Waals surface area (Å²) in [6.07, 6.45) is 2.02. The minimum atomic E-state index is -0.869. The zero-order valence-corrected chi connectivity index (χ0v) is 13.8. The average Bonchev–Trinajstić information content (AvgIpc) is 2.83. The lowest BCUT2D eigenvalue weighted by Crippen LogP contribution is -2.30. The van der Waals surface area contributed by atoms with Crippen LogP contribution in [0.15, 0.2) is 22.7 Å². The van der Waals surface area contributed by atoms with Crippen LogP contribution in [0, 0.1) is 17.8 Å². The van der Waals surface area contributed by atoms with Crippen molar-refractivity contribution in [3.8, 4) is 0 Å². The van der Waals surface area contributed by atoms with E-state index in [0.717, 1.165) is 22.1 Å². The van der Waals surface area contributed by atoms with Crippen molar-refractivity contribution < 1.29 is 14.7 Å². The molecule has 1 aromatic rings. The molecule has 0 aliphatic heterocycles. The van der Waals surface area contributed by atoms with E-state index in [2.05, 4.69) is 21.2 Å². The van der Waals surface area contributed by atoms with E-state index in [1.54, 1.807) is 0 Å². The number of rotatable bonds is 4. The van der Waals surface area contributed by atoms with E-state index in [9.17, 15) is 14.7 Å². The van der Waals surface area contributed by atoms with Crippen LogP contribution in [0.4, 0.5) is 5.69 Å². The number of carboxylic acid groups (broad SMARTS) is 1. The Bertz CT molecular complexity index is 558. The molecule has 1 fully saturated rings. The summed E-state index contributed by atoms with van der Waals surface area (Å²) in [5.41, 5.74) is 1.81. The lowest BCUT2D eigenvalue weighted by Gasteiger charge is -2.17. The molecule has 1 aliphatic carbocycles. The van der Waals surface area contributed by atoms with E-state index < -0.39 is 17.8 Å². The molecule has 3 atom stereocenters. The van der Waals surface area contributed by atoms with Crippen LogP contribution in [0.2, 0.25) is 0 Å². The van der Waals surface area contributed by atoms with E-state index in [4.69, 9.17) is 0 Å². The number of carboxylic acids is 1. The first kappa shape index (κ1) is 16.0. The lowest BCUT2D eigenvalue weighted by atomic mass is 9.95. The first-order chi connectivity index (χ1) is 9.92. The second kappa shape index (κ2) is 6.60. The Kier molecular flexibility index (Phi) is 5.04. The Morgan fingerprint density at radius 2 is 2.00 bits per heavy atom. The first-order valence-corrected chi connectivity index (χ1v) is 8.03. The topological polar surface area (TPSA) is 66.4 Å². The quantitative estimate of drug-likeness (QED) is 0.867. The summed E-state index contributed by atoms with van der Waals surface area (Å²) < 4.78 is 0.968. The molecule has 5 heteroatoms. The van der Waals surface area contributed by atoms with Crippen molar-refractivity contribution in [3.05, 3.63) is 28.2 Å². The third-order valence-corrected chi connectivity index (χ3v) is 4.65. The molecule has 1 aliphatic rings. The standard InChI is InChI=1S/C16H20BrNO3/c1-3-10-8-11(17)4-5-14(10)18-15(19)12-6-9(2)7-13(12)16(20)21/h4-5,8-9,12-13H,3,6-7H2,1-2H3,(H,18,19)(H,20,21)/t9?,12-,13+/m0/s1. The highest BCUT2D eigenvalue weighted by atomic mass is 79.9. The van der Waals surface area contributed by atoms with Crippen molar-refractivity contribution >= 4 is 33.5 Å². The summed E-state index contributed by atoms with van der Waals surface area (Å²) >= 11 is 3.42. The molecule has 0 saturated heterocycles. The maximum Gasteiger partial charge on any atom is 0.307 e. The summed E-state index contributed by atoms with van der Waals surface area (Å²) in [6, 6.07) is 5.71. The second-order valence-electron chi connectivity index (χ2n) is 5.77. The summed E-state index contributed by atoms with van der Waals surface area (Å²) in [6.45, 7) is 4.02. The number of hydrogen-bond acceptors (Lipinski definition) is 2. The Balaban J connectivity index is 2.16. The highest BCUT2D eigenvalue weighted by Gasteiger charge is 2.41. The van der Waals surface area contributed by atoms with Crippen molar-refractivity contribution in [1.82, 2.24) is 0 Å². The van der Waals surface area contributed by atoms with Gasteiger partial charge in [-0.1, -0.05) is 29.8 Å². The largest absolute Gasteiger partial charge is 0.481 e. The van der Waals surface area contributed by atoms with Gasteiger partial charge in [-0.15, -0.1) is 0 Å². The number of hydrogen-bond donors (Lipinski definition) is 2. The number of halogens is 1. The van der Waals surface area contributed by atoms with E-state index in [1.807, 2.05) is 32.0 Å². The smallest absolute Gasteiger partial charge is 0.307 e. The number of nitrogens with one attached hydrogen (secondary N) is 1. The predicted molar refractivity (Wildman–Crippen MR) is 85.2 cm³/mol. The number of benzene rings is 1. The Morgan fingerprint density at radius 3 is 2.62 bits per heavy atom. The van der Waals surface area contributed by atoms with Crippen LogP contribution in [0.5, 0.6) is 0 Å². The van der Waals surface area contributed by atoms with Crippen molar-refractivity contribution in [2.45, 2.75) is 33.1 Å². The molecule has 21 heavy (non-hydrogen) atoms. The van der Waals surface area contributed by atoms with Crippen LogP contribution in [-0.4, -0.2) is 17.0 Å². The second-order valence-corrected chi connectivity index (χ2v) is 6.69. The number of aliphatic carboxylic acids is 1. The van der Waals surface area contributed by atoms with Crippen LogP contribution in [0.1, 0.15) is 32.3 Å². The molecule has 0 bridgehead atoms. The summed E-state index contributed by atoms with van der Waals surface area (Å²) in [5.74, 6) is -1.78. The summed E-state index contributed by atoms with van der Waals surface area (Å²) in [4.78, 5) is 23.7. The number of amides is 1. The Labute approximate surface area is 133 Å². The Morgan fingerprint density at radius 1 is 1.33 bits per heavy atom. The molecule has 0 aromatic heterocycles. The SMILES string of the molecule is CCc1cc(Br)ccc1NC(=O)[C@H]1CC(C)C[C@H]1C(=O)O. The van der Waals surface area contributed by atoms with Gasteiger partial charge in [-0.3, -0.25) is 9.59 Å². The molecule has 114 valence electrons. The molecule has 1 aromatic carbocycles. The molecule has 0 heterocycles. The number of aryl methyl sites for hydroxylation is 1. The molecular formula is C16H20BrNO3. The summed E-state index contributed by atoms with van der Waals surface area (Å²) in [5, 5.41) is 12.2. The molecule has 1 saturated carbocycles. The van der Waals surface area contributed by atoms with Crippen molar-refractivity contribution in [1.29, 1.82) is 0 Å². The maximum atomic E-state index is 12.4. The average molecular weight is 354 g/mol. The molecule has 4 nitrogen and oxygen atoms in total. The van der Waals surface area contributed by atoms with Gasteiger partial charge in [0, 0.05) is 10.2 Å². The zero-order valence-electron chi connectivity index (χ0n) is 12.2. The van der Waals surface area contributed by atoms with Gasteiger partial charge in [-0.2, -0.15) is 0 Å². The molecule has 2 N–H and O–H groups in total. The zero-order chi connectivity index (χ0) is 15.6. The van der Waals surface area contributed by atoms with Crippen molar-refractivity contribution in [3.63, 3.8) is 0 Å². The van der Waals surface area contributed by atoms with Crippen LogP contribution in [0.3, 0.4) is 0 Å². The van der Waals surface area contributed by atoms with Gasteiger partial charge in [0.25, 0.3) is 0 Å². The summed E-state index contributed by atoms with van der Waals surface area (Å²) in [7, 11) is 0. The van der Waals surface area contributed by atoms with E-state index >= 15 is 0 Å². The highest BCUT2D eigenvalue weighted by Crippen LogP contribution is 2.37. The minimum absolute atomic E-state index is 0.177. The van der Waals surface area contributed by atoms with Gasteiger partial charge >= 0.3 is 5.97 Å². The fraction of sp³-hybridized carbons (Fsp3) is 0.500. The molecule has 0 radical (unpaired) electrons. The monoisotopic (exact) mass is 353 g/mol. The molecule has 0 spiro atoms. The van der Waals surface area contributed by atoms with Crippen LogP contribution in [0.25, 0.3) is 0 Å². The highest BCUT2D eigenvalue weighted by molar-refractivity contribution is 9.10. The van der Waals surface area contributed by atoms with Crippen molar-refractivity contribution in [2.75, 3.05) is 5.32 Å². The number of anilines is 1. The molecule has 1 amide bonds. The Hall–Kier alpha value is -1.36. The van der Waals surface area contributed by atoms with Gasteiger partial charge in [0.05, 0.1) is 11.8 Å². The van der Waals surface area contributed by atoms with E-state index in [1.165, 1.54) is 0 Å². The van der Waals surface area contributed by atoms with Crippen LogP contribution in [-0.2, 0) is 16.0 Å². The molecule has 2 rings (SSSR count). The molecule has 1 unspecified atom stereocenters. The van der Waals surface area contributed by atoms with Crippen molar-refractivity contribution in [2.24, 2.45) is 17.8 Å². The predicted octanol–water partition coefficient (Wildman–Crippen LogP) is 3.70. The number of carbonyl (C=O) groups excluding carboxylic acids is 1. The van der Waals surface area contributed by atoms with Gasteiger partial charge in [-0.25, -0.2) is 0 Å². The van der Waals surface area contributed by atoms with Crippen LogP contribution >= 0.6 is 15.9 Å². The van der Waals surface area contributed by atoms with Gasteiger partial charge in [0.1, 0.15) is 0 Å². The fourth-order valence-electron chi connectivity index (χ4n) is 3.06. The first-order valence-electron chi connectivity index (χ1n) is 7.24. The molecular weight excluding hydrogens is 334 g/mol. The third kappa shape index (κ3) is 3.64.